The minimum Gasteiger partial charge on any atom is -0.388 e. The predicted octanol–water partition coefficient (Wildman–Crippen LogP) is 2.55. The molecule has 0 saturated carbocycles. The monoisotopic (exact) mass is 264 g/mol. The molecule has 1 heterocycles. The molecule has 5 nitrogen and oxygen atoms in total. The SMILES string of the molecule is O=[N+]([O-])c1ccccc1C(O)CC1CCCCCN1. The van der Waals surface area contributed by atoms with Crippen molar-refractivity contribution in [3.8, 4) is 0 Å². The summed E-state index contributed by atoms with van der Waals surface area (Å²) in [5.74, 6) is 0. The van der Waals surface area contributed by atoms with Crippen molar-refractivity contribution < 1.29 is 10.0 Å². The van der Waals surface area contributed by atoms with Gasteiger partial charge in [-0.15, -0.1) is 0 Å². The van der Waals surface area contributed by atoms with E-state index < -0.39 is 11.0 Å². The number of hydrogen-bond acceptors (Lipinski definition) is 4. The van der Waals surface area contributed by atoms with Crippen molar-refractivity contribution in [1.29, 1.82) is 0 Å². The molecule has 2 rings (SSSR count). The summed E-state index contributed by atoms with van der Waals surface area (Å²) in [7, 11) is 0. The largest absolute Gasteiger partial charge is 0.388 e. The second kappa shape index (κ2) is 6.63. The summed E-state index contributed by atoms with van der Waals surface area (Å²) in [6.07, 6.45) is 4.31. The van der Waals surface area contributed by atoms with Gasteiger partial charge in [0.1, 0.15) is 0 Å². The number of aliphatic hydroxyl groups excluding tert-OH is 1. The zero-order valence-electron chi connectivity index (χ0n) is 10.9. The Balaban J connectivity index is 2.06. The first-order valence-electron chi connectivity index (χ1n) is 6.83. The number of aliphatic hydroxyl groups is 1. The van der Waals surface area contributed by atoms with Crippen LogP contribution in [0.4, 0.5) is 5.69 Å². The van der Waals surface area contributed by atoms with Crippen LogP contribution in [0.1, 0.15) is 43.8 Å². The molecule has 2 N–H and O–H groups in total. The molecule has 0 amide bonds. The van der Waals surface area contributed by atoms with Gasteiger partial charge in [0, 0.05) is 12.1 Å². The van der Waals surface area contributed by atoms with E-state index in [1.807, 2.05) is 0 Å². The normalized spacial score (nSPS) is 21.6. The van der Waals surface area contributed by atoms with Gasteiger partial charge in [-0.2, -0.15) is 0 Å². The van der Waals surface area contributed by atoms with Crippen molar-refractivity contribution in [1.82, 2.24) is 5.32 Å². The minimum absolute atomic E-state index is 0.00335. The number of para-hydroxylation sites is 1. The van der Waals surface area contributed by atoms with Gasteiger partial charge < -0.3 is 10.4 Å². The highest BCUT2D eigenvalue weighted by atomic mass is 16.6. The van der Waals surface area contributed by atoms with Crippen LogP contribution < -0.4 is 5.32 Å². The van der Waals surface area contributed by atoms with Crippen molar-refractivity contribution in [2.24, 2.45) is 0 Å². The second-order valence-electron chi connectivity index (χ2n) is 5.07. The molecule has 104 valence electrons. The highest BCUT2D eigenvalue weighted by molar-refractivity contribution is 5.41. The van der Waals surface area contributed by atoms with Crippen LogP contribution in [0, 0.1) is 10.1 Å². The zero-order valence-corrected chi connectivity index (χ0v) is 10.9. The average Bonchev–Trinajstić information content (AvgIpc) is 2.67. The molecular weight excluding hydrogens is 244 g/mol. The Bertz CT molecular complexity index is 428. The van der Waals surface area contributed by atoms with Gasteiger partial charge in [-0.1, -0.05) is 25.0 Å². The third-order valence-corrected chi connectivity index (χ3v) is 3.66. The Labute approximate surface area is 112 Å². The first kappa shape index (κ1) is 14.0. The maximum atomic E-state index is 11.0. The van der Waals surface area contributed by atoms with E-state index in [1.165, 1.54) is 12.5 Å². The molecular formula is C14H20N2O3. The molecule has 2 atom stereocenters. The van der Waals surface area contributed by atoms with Crippen LogP contribution in [-0.4, -0.2) is 22.6 Å². The molecule has 2 unspecified atom stereocenters. The summed E-state index contributed by atoms with van der Waals surface area (Å²) in [6, 6.07) is 6.68. The first-order chi connectivity index (χ1) is 9.18. The van der Waals surface area contributed by atoms with E-state index in [4.69, 9.17) is 0 Å². The van der Waals surface area contributed by atoms with Crippen LogP contribution in [0.15, 0.2) is 24.3 Å². The highest BCUT2D eigenvalue weighted by Crippen LogP contribution is 2.28. The lowest BCUT2D eigenvalue weighted by atomic mass is 9.98. The fourth-order valence-electron chi connectivity index (χ4n) is 2.63. The highest BCUT2D eigenvalue weighted by Gasteiger charge is 2.23. The molecule has 0 spiro atoms. The molecule has 1 aromatic carbocycles. The van der Waals surface area contributed by atoms with Gasteiger partial charge in [-0.05, 0) is 31.9 Å². The first-order valence-corrected chi connectivity index (χ1v) is 6.83. The summed E-state index contributed by atoms with van der Waals surface area (Å²) in [4.78, 5) is 10.5. The minimum atomic E-state index is -0.780. The number of benzene rings is 1. The van der Waals surface area contributed by atoms with Gasteiger partial charge in [0.15, 0.2) is 0 Å². The summed E-state index contributed by atoms with van der Waals surface area (Å²) >= 11 is 0. The van der Waals surface area contributed by atoms with Crippen molar-refractivity contribution in [3.63, 3.8) is 0 Å². The summed E-state index contributed by atoms with van der Waals surface area (Å²) < 4.78 is 0. The van der Waals surface area contributed by atoms with Crippen molar-refractivity contribution in [2.75, 3.05) is 6.54 Å². The Morgan fingerprint density at radius 3 is 2.95 bits per heavy atom. The molecule has 0 aromatic heterocycles. The van der Waals surface area contributed by atoms with Gasteiger partial charge in [0.05, 0.1) is 16.6 Å². The summed E-state index contributed by atoms with van der Waals surface area (Å²) in [5.41, 5.74) is 0.419. The van der Waals surface area contributed by atoms with Crippen LogP contribution >= 0.6 is 0 Å². The number of nitrogens with one attached hydrogen (secondary N) is 1. The van der Waals surface area contributed by atoms with E-state index in [1.54, 1.807) is 18.2 Å². The third kappa shape index (κ3) is 3.75. The second-order valence-corrected chi connectivity index (χ2v) is 5.07. The van der Waals surface area contributed by atoms with Crippen LogP contribution in [-0.2, 0) is 0 Å². The summed E-state index contributed by atoms with van der Waals surface area (Å²) in [5, 5.41) is 24.6. The number of nitro groups is 1. The third-order valence-electron chi connectivity index (χ3n) is 3.66. The molecule has 1 aliphatic rings. The Morgan fingerprint density at radius 1 is 1.37 bits per heavy atom. The Kier molecular flexibility index (Phi) is 4.87. The smallest absolute Gasteiger partial charge is 0.275 e. The summed E-state index contributed by atoms with van der Waals surface area (Å²) in [6.45, 7) is 0.967. The Morgan fingerprint density at radius 2 is 2.16 bits per heavy atom. The average molecular weight is 264 g/mol. The maximum absolute atomic E-state index is 11.0. The topological polar surface area (TPSA) is 75.4 Å². The lowest BCUT2D eigenvalue weighted by molar-refractivity contribution is -0.386. The molecule has 1 saturated heterocycles. The predicted molar refractivity (Wildman–Crippen MR) is 72.9 cm³/mol. The van der Waals surface area contributed by atoms with E-state index in [2.05, 4.69) is 5.32 Å². The van der Waals surface area contributed by atoms with Crippen LogP contribution in [0.2, 0.25) is 0 Å². The molecule has 1 aliphatic heterocycles. The standard InChI is InChI=1S/C14H20N2O3/c17-14(10-11-6-2-1-5-9-15-11)12-7-3-4-8-13(12)16(18)19/h3-4,7-8,11,14-15,17H,1-2,5-6,9-10H2. The maximum Gasteiger partial charge on any atom is 0.275 e. The number of nitro benzene ring substituents is 1. The lowest BCUT2D eigenvalue weighted by Crippen LogP contribution is -2.30. The van der Waals surface area contributed by atoms with Crippen molar-refractivity contribution in [2.45, 2.75) is 44.2 Å². The number of hydrogen-bond donors (Lipinski definition) is 2. The molecule has 1 fully saturated rings. The quantitative estimate of drug-likeness (QED) is 0.647. The Hall–Kier alpha value is -1.46. The van der Waals surface area contributed by atoms with Crippen LogP contribution in [0.5, 0.6) is 0 Å². The molecule has 0 bridgehead atoms. The number of nitrogens with zero attached hydrogens (tertiary/aromatic N) is 1. The van der Waals surface area contributed by atoms with Gasteiger partial charge in [0.2, 0.25) is 0 Å². The zero-order chi connectivity index (χ0) is 13.7. The molecule has 19 heavy (non-hydrogen) atoms. The molecule has 1 aromatic rings. The van der Waals surface area contributed by atoms with Gasteiger partial charge in [-0.3, -0.25) is 10.1 Å². The van der Waals surface area contributed by atoms with Gasteiger partial charge >= 0.3 is 0 Å². The van der Waals surface area contributed by atoms with Gasteiger partial charge in [0.25, 0.3) is 5.69 Å². The van der Waals surface area contributed by atoms with E-state index in [0.717, 1.165) is 25.8 Å². The molecule has 0 aliphatic carbocycles. The fraction of sp³-hybridized carbons (Fsp3) is 0.571. The van der Waals surface area contributed by atoms with Crippen LogP contribution in [0.25, 0.3) is 0 Å². The number of rotatable bonds is 4. The lowest BCUT2D eigenvalue weighted by Gasteiger charge is -2.19. The van der Waals surface area contributed by atoms with Crippen molar-refractivity contribution in [3.05, 3.63) is 39.9 Å². The fourth-order valence-corrected chi connectivity index (χ4v) is 2.63. The van der Waals surface area contributed by atoms with Crippen molar-refractivity contribution >= 4 is 5.69 Å². The van der Waals surface area contributed by atoms with E-state index in [-0.39, 0.29) is 11.7 Å². The van der Waals surface area contributed by atoms with Gasteiger partial charge in [-0.25, -0.2) is 0 Å². The van der Waals surface area contributed by atoms with E-state index in [9.17, 15) is 15.2 Å². The molecule has 5 heteroatoms. The van der Waals surface area contributed by atoms with Crippen LogP contribution in [0.3, 0.4) is 0 Å². The molecule has 0 radical (unpaired) electrons. The van der Waals surface area contributed by atoms with E-state index in [0.29, 0.717) is 12.0 Å². The van der Waals surface area contributed by atoms with E-state index >= 15 is 0 Å².